The third kappa shape index (κ3) is 5.49. The summed E-state index contributed by atoms with van der Waals surface area (Å²) >= 11 is 0. The topological polar surface area (TPSA) is 100 Å². The van der Waals surface area contributed by atoms with Gasteiger partial charge in [0.05, 0.1) is 18.8 Å². The predicted octanol–water partition coefficient (Wildman–Crippen LogP) is 4.30. The first-order chi connectivity index (χ1) is 14.5. The number of amides is 1. The lowest BCUT2D eigenvalue weighted by molar-refractivity contribution is -0.117. The van der Waals surface area contributed by atoms with Crippen LogP contribution < -0.4 is 4.90 Å². The summed E-state index contributed by atoms with van der Waals surface area (Å²) in [6, 6.07) is 10.4. The van der Waals surface area contributed by atoms with Crippen LogP contribution in [0.1, 0.15) is 73.4 Å². The van der Waals surface area contributed by atoms with Gasteiger partial charge in [-0.15, -0.1) is 0 Å². The van der Waals surface area contributed by atoms with E-state index in [0.29, 0.717) is 25.2 Å². The second kappa shape index (κ2) is 10.4. The Balaban J connectivity index is 1.56. The zero-order valence-electron chi connectivity index (χ0n) is 17.3. The molecule has 3 rings (SSSR count). The number of carbonyl (C=O) groups is 2. The summed E-state index contributed by atoms with van der Waals surface area (Å²) in [5.41, 5.74) is 1.66. The van der Waals surface area contributed by atoms with Gasteiger partial charge in [-0.3, -0.25) is 4.79 Å². The van der Waals surface area contributed by atoms with Gasteiger partial charge in [0.1, 0.15) is 12.4 Å². The van der Waals surface area contributed by atoms with Crippen LogP contribution >= 0.6 is 0 Å². The summed E-state index contributed by atoms with van der Waals surface area (Å²) in [5, 5.41) is 19.2. The quantitative estimate of drug-likeness (QED) is 0.531. The van der Waals surface area contributed by atoms with Crippen molar-refractivity contribution in [2.75, 3.05) is 11.5 Å². The van der Waals surface area contributed by atoms with Gasteiger partial charge in [0.15, 0.2) is 0 Å². The Morgan fingerprint density at radius 1 is 1.23 bits per heavy atom. The number of hydrogen-bond donors (Lipinski definition) is 2. The van der Waals surface area contributed by atoms with E-state index in [4.69, 9.17) is 14.3 Å². The molecule has 30 heavy (non-hydrogen) atoms. The summed E-state index contributed by atoms with van der Waals surface area (Å²) in [4.78, 5) is 25.0. The van der Waals surface area contributed by atoms with E-state index in [1.165, 1.54) is 6.07 Å². The first-order valence-corrected chi connectivity index (χ1v) is 10.5. The molecule has 2 aromatic rings. The van der Waals surface area contributed by atoms with Crippen LogP contribution in [-0.4, -0.2) is 34.7 Å². The number of aliphatic hydroxyl groups excluding tert-OH is 1. The van der Waals surface area contributed by atoms with Crippen molar-refractivity contribution in [1.82, 2.24) is 0 Å². The average molecular weight is 415 g/mol. The van der Waals surface area contributed by atoms with E-state index in [9.17, 15) is 14.7 Å². The minimum absolute atomic E-state index is 0.0472. The van der Waals surface area contributed by atoms with Gasteiger partial charge < -0.3 is 24.3 Å². The Labute approximate surface area is 176 Å². The predicted molar refractivity (Wildman–Crippen MR) is 111 cm³/mol. The van der Waals surface area contributed by atoms with Gasteiger partial charge in [-0.05, 0) is 42.7 Å². The molecule has 1 amide bonds. The summed E-state index contributed by atoms with van der Waals surface area (Å²) in [5.74, 6) is -0.758. The third-order valence-corrected chi connectivity index (χ3v) is 5.39. The second-order valence-corrected chi connectivity index (χ2v) is 7.65. The molecule has 0 spiro atoms. The van der Waals surface area contributed by atoms with Gasteiger partial charge >= 0.3 is 5.97 Å². The fourth-order valence-electron chi connectivity index (χ4n) is 3.73. The van der Waals surface area contributed by atoms with Crippen LogP contribution in [0.15, 0.2) is 40.8 Å². The lowest BCUT2D eigenvalue weighted by atomic mass is 10.0. The number of aliphatic hydroxyl groups is 1. The van der Waals surface area contributed by atoms with Crippen LogP contribution in [0, 0.1) is 0 Å². The van der Waals surface area contributed by atoms with E-state index < -0.39 is 12.1 Å². The van der Waals surface area contributed by atoms with Crippen LogP contribution in [0.2, 0.25) is 0 Å². The van der Waals surface area contributed by atoms with E-state index in [1.54, 1.807) is 11.0 Å². The minimum Gasteiger partial charge on any atom is -0.475 e. The van der Waals surface area contributed by atoms with Gasteiger partial charge in [-0.2, -0.15) is 0 Å². The fourth-order valence-corrected chi connectivity index (χ4v) is 3.73. The molecule has 1 fully saturated rings. The van der Waals surface area contributed by atoms with Crippen LogP contribution in [0.5, 0.6) is 0 Å². The molecule has 1 unspecified atom stereocenters. The maximum atomic E-state index is 12.4. The number of furan rings is 1. The highest BCUT2D eigenvalue weighted by atomic mass is 16.5. The van der Waals surface area contributed by atoms with Crippen molar-refractivity contribution < 1.29 is 29.0 Å². The van der Waals surface area contributed by atoms with Crippen molar-refractivity contribution in [3.8, 4) is 0 Å². The monoisotopic (exact) mass is 415 g/mol. The molecule has 162 valence electrons. The summed E-state index contributed by atoms with van der Waals surface area (Å²) < 4.78 is 10.9. The average Bonchev–Trinajstić information content (AvgIpc) is 3.35. The number of hydrogen-bond acceptors (Lipinski definition) is 5. The normalized spacial score (nSPS) is 17.5. The van der Waals surface area contributed by atoms with E-state index >= 15 is 0 Å². The Kier molecular flexibility index (Phi) is 7.65. The first kappa shape index (κ1) is 22.1. The fraction of sp³-hybridized carbons (Fsp3) is 0.478. The zero-order valence-corrected chi connectivity index (χ0v) is 17.3. The van der Waals surface area contributed by atoms with Crippen molar-refractivity contribution in [3.63, 3.8) is 0 Å². The smallest absolute Gasteiger partial charge is 0.371 e. The number of carboxylic acids is 1. The van der Waals surface area contributed by atoms with Crippen molar-refractivity contribution in [3.05, 3.63) is 53.5 Å². The van der Waals surface area contributed by atoms with Crippen molar-refractivity contribution in [2.24, 2.45) is 0 Å². The second-order valence-electron chi connectivity index (χ2n) is 7.65. The van der Waals surface area contributed by atoms with Gasteiger partial charge in [-0.25, -0.2) is 4.79 Å². The molecule has 1 aliphatic heterocycles. The Morgan fingerprint density at radius 3 is 2.67 bits per heavy atom. The molecule has 1 aromatic carbocycles. The lowest BCUT2D eigenvalue weighted by Crippen LogP contribution is -2.36. The molecule has 2 N–H and O–H groups in total. The molecule has 0 bridgehead atoms. The number of carboxylic acid groups (broad SMARTS) is 1. The van der Waals surface area contributed by atoms with E-state index in [-0.39, 0.29) is 24.3 Å². The van der Waals surface area contributed by atoms with Crippen LogP contribution in [-0.2, 0) is 16.1 Å². The molecule has 1 saturated heterocycles. The summed E-state index contributed by atoms with van der Waals surface area (Å²) in [6.07, 6.45) is 4.62. The molecule has 0 radical (unpaired) electrons. The van der Waals surface area contributed by atoms with Crippen LogP contribution in [0.3, 0.4) is 0 Å². The molecule has 2 heterocycles. The maximum absolute atomic E-state index is 12.4. The number of carbonyl (C=O) groups excluding carboxylic acids is 1. The molecule has 2 atom stereocenters. The molecule has 0 saturated carbocycles. The van der Waals surface area contributed by atoms with Crippen molar-refractivity contribution in [1.29, 1.82) is 0 Å². The number of rotatable bonds is 11. The Morgan fingerprint density at radius 2 is 2.00 bits per heavy atom. The number of anilines is 1. The first-order valence-electron chi connectivity index (χ1n) is 10.5. The van der Waals surface area contributed by atoms with E-state index in [2.05, 4.69) is 6.92 Å². The number of aromatic carboxylic acids is 1. The molecule has 7 nitrogen and oxygen atoms in total. The van der Waals surface area contributed by atoms with Gasteiger partial charge in [-0.1, -0.05) is 38.3 Å². The Bertz CT molecular complexity index is 844. The van der Waals surface area contributed by atoms with Gasteiger partial charge in [0, 0.05) is 12.1 Å². The highest BCUT2D eigenvalue weighted by molar-refractivity contribution is 5.96. The Hall–Kier alpha value is -2.64. The summed E-state index contributed by atoms with van der Waals surface area (Å²) in [6.45, 7) is 2.61. The van der Waals surface area contributed by atoms with E-state index in [1.807, 2.05) is 24.3 Å². The SMILES string of the molecule is CCCCC[C@H](O)c1ccc(N2C(=O)CCC2COCc2ccc(C(=O)O)o2)cc1. The molecular formula is C23H29NO6. The third-order valence-electron chi connectivity index (χ3n) is 5.39. The molecular weight excluding hydrogens is 386 g/mol. The standard InChI is InChI=1S/C23H29NO6/c1-2-3-4-5-20(25)16-6-8-17(9-7-16)24-18(10-13-22(24)26)14-29-15-19-11-12-21(30-19)23(27)28/h6-9,11-12,18,20,25H,2-5,10,13-15H2,1H3,(H,27,28)/t18?,20-/m0/s1. The number of unbranched alkanes of at least 4 members (excludes halogenated alkanes) is 2. The zero-order chi connectivity index (χ0) is 21.5. The maximum Gasteiger partial charge on any atom is 0.371 e. The minimum atomic E-state index is -1.12. The molecule has 1 aromatic heterocycles. The van der Waals surface area contributed by atoms with Gasteiger partial charge in [0.25, 0.3) is 0 Å². The highest BCUT2D eigenvalue weighted by Gasteiger charge is 2.32. The van der Waals surface area contributed by atoms with Crippen LogP contribution in [0.4, 0.5) is 5.69 Å². The number of ether oxygens (including phenoxy) is 1. The number of nitrogens with zero attached hydrogens (tertiary/aromatic N) is 1. The van der Waals surface area contributed by atoms with E-state index in [0.717, 1.165) is 36.9 Å². The molecule has 1 aliphatic rings. The summed E-state index contributed by atoms with van der Waals surface area (Å²) in [7, 11) is 0. The highest BCUT2D eigenvalue weighted by Crippen LogP contribution is 2.29. The molecule has 7 heteroatoms. The van der Waals surface area contributed by atoms with Crippen LogP contribution in [0.25, 0.3) is 0 Å². The number of benzene rings is 1. The van der Waals surface area contributed by atoms with Crippen molar-refractivity contribution >= 4 is 17.6 Å². The van der Waals surface area contributed by atoms with Gasteiger partial charge in [0.2, 0.25) is 11.7 Å². The lowest BCUT2D eigenvalue weighted by Gasteiger charge is -2.25. The molecule has 0 aliphatic carbocycles. The largest absolute Gasteiger partial charge is 0.475 e. The van der Waals surface area contributed by atoms with Crippen molar-refractivity contribution in [2.45, 2.75) is 64.2 Å².